The van der Waals surface area contributed by atoms with Gasteiger partial charge in [-0.2, -0.15) is 0 Å². The number of halogens is 1. The van der Waals surface area contributed by atoms with Gasteiger partial charge in [-0.05, 0) is 35.2 Å². The molecule has 0 saturated carbocycles. The van der Waals surface area contributed by atoms with Crippen LogP contribution in [0.3, 0.4) is 0 Å². The maximum Gasteiger partial charge on any atom is 0.250 e. The first-order chi connectivity index (χ1) is 11.2. The molecule has 0 aliphatic carbocycles. The van der Waals surface area contributed by atoms with Crippen molar-refractivity contribution >= 4 is 51.4 Å². The van der Waals surface area contributed by atoms with E-state index in [1.54, 1.807) is 23.6 Å². The van der Waals surface area contributed by atoms with E-state index < -0.39 is 0 Å². The molecule has 3 aromatic rings. The lowest BCUT2D eigenvalue weighted by atomic mass is 10.1. The summed E-state index contributed by atoms with van der Waals surface area (Å²) in [6, 6.07) is 11.6. The molecule has 0 aliphatic heterocycles. The van der Waals surface area contributed by atoms with Crippen LogP contribution in [0.15, 0.2) is 54.1 Å². The zero-order valence-electron chi connectivity index (χ0n) is 12.0. The SMILES string of the molecule is O=C(C=Cc1cccs1)Nc1ncc(Cc2ccc(Cl)cc2)s1. The van der Waals surface area contributed by atoms with Crippen molar-refractivity contribution < 1.29 is 4.79 Å². The van der Waals surface area contributed by atoms with Crippen LogP contribution >= 0.6 is 34.3 Å². The number of aromatic nitrogens is 1. The molecule has 3 nitrogen and oxygen atoms in total. The van der Waals surface area contributed by atoms with Gasteiger partial charge in [0.25, 0.3) is 0 Å². The minimum atomic E-state index is -0.175. The molecule has 23 heavy (non-hydrogen) atoms. The average molecular weight is 361 g/mol. The lowest BCUT2D eigenvalue weighted by Crippen LogP contribution is -2.06. The molecule has 2 aromatic heterocycles. The van der Waals surface area contributed by atoms with Crippen LogP contribution in [-0.2, 0) is 11.2 Å². The van der Waals surface area contributed by atoms with E-state index in [1.807, 2.05) is 41.8 Å². The molecule has 0 atom stereocenters. The summed E-state index contributed by atoms with van der Waals surface area (Å²) < 4.78 is 0. The van der Waals surface area contributed by atoms with Gasteiger partial charge in [0, 0.05) is 33.5 Å². The van der Waals surface area contributed by atoms with Crippen LogP contribution in [0.1, 0.15) is 15.3 Å². The number of amides is 1. The van der Waals surface area contributed by atoms with E-state index in [1.165, 1.54) is 17.4 Å². The van der Waals surface area contributed by atoms with Gasteiger partial charge >= 0.3 is 0 Å². The summed E-state index contributed by atoms with van der Waals surface area (Å²) in [6.45, 7) is 0. The minimum Gasteiger partial charge on any atom is -0.298 e. The minimum absolute atomic E-state index is 0.175. The molecule has 6 heteroatoms. The number of hydrogen-bond donors (Lipinski definition) is 1. The molecule has 0 unspecified atom stereocenters. The highest BCUT2D eigenvalue weighted by atomic mass is 35.5. The monoisotopic (exact) mass is 360 g/mol. The number of nitrogens with zero attached hydrogens (tertiary/aromatic N) is 1. The molecule has 0 fully saturated rings. The van der Waals surface area contributed by atoms with Crippen molar-refractivity contribution in [1.29, 1.82) is 0 Å². The van der Waals surface area contributed by atoms with E-state index in [0.29, 0.717) is 5.13 Å². The van der Waals surface area contributed by atoms with Crippen LogP contribution in [0.2, 0.25) is 5.02 Å². The van der Waals surface area contributed by atoms with Crippen molar-refractivity contribution in [3.8, 4) is 0 Å². The Morgan fingerprint density at radius 1 is 1.26 bits per heavy atom. The third-order valence-electron chi connectivity index (χ3n) is 3.02. The number of anilines is 1. The van der Waals surface area contributed by atoms with Gasteiger partial charge in [0.15, 0.2) is 5.13 Å². The van der Waals surface area contributed by atoms with Crippen LogP contribution in [0, 0.1) is 0 Å². The smallest absolute Gasteiger partial charge is 0.250 e. The third kappa shape index (κ3) is 4.76. The number of carbonyl (C=O) groups is 1. The van der Waals surface area contributed by atoms with E-state index >= 15 is 0 Å². The van der Waals surface area contributed by atoms with Crippen molar-refractivity contribution in [2.24, 2.45) is 0 Å². The zero-order valence-corrected chi connectivity index (χ0v) is 14.4. The molecule has 1 N–H and O–H groups in total. The fourth-order valence-electron chi connectivity index (χ4n) is 1.94. The van der Waals surface area contributed by atoms with Crippen LogP contribution < -0.4 is 5.32 Å². The Hall–Kier alpha value is -1.95. The number of carbonyl (C=O) groups excluding carboxylic acids is 1. The van der Waals surface area contributed by atoms with Gasteiger partial charge in [0.2, 0.25) is 5.91 Å². The first-order valence-electron chi connectivity index (χ1n) is 6.91. The zero-order chi connectivity index (χ0) is 16.1. The second-order valence-corrected chi connectivity index (χ2v) is 7.30. The van der Waals surface area contributed by atoms with E-state index in [0.717, 1.165) is 26.8 Å². The number of nitrogens with one attached hydrogen (secondary N) is 1. The molecule has 0 aliphatic rings. The highest BCUT2D eigenvalue weighted by Gasteiger charge is 2.05. The van der Waals surface area contributed by atoms with Crippen molar-refractivity contribution in [2.75, 3.05) is 5.32 Å². The number of rotatable bonds is 5. The predicted octanol–water partition coefficient (Wildman–Crippen LogP) is 5.10. The molecular formula is C17H13ClN2OS2. The van der Waals surface area contributed by atoms with E-state index in [4.69, 9.17) is 11.6 Å². The molecule has 1 aromatic carbocycles. The summed E-state index contributed by atoms with van der Waals surface area (Å²) in [5.41, 5.74) is 1.16. The Bertz CT molecular complexity index is 808. The standard InChI is InChI=1S/C17H13ClN2OS2/c18-13-5-3-12(4-6-13)10-15-11-19-17(23-15)20-16(21)8-7-14-2-1-9-22-14/h1-9,11H,10H2,(H,19,20,21). The maximum absolute atomic E-state index is 11.9. The van der Waals surface area contributed by atoms with Gasteiger partial charge in [-0.1, -0.05) is 29.8 Å². The summed E-state index contributed by atoms with van der Waals surface area (Å²) >= 11 is 8.94. The normalized spacial score (nSPS) is 11.0. The second kappa shape index (κ2) is 7.55. The summed E-state index contributed by atoms with van der Waals surface area (Å²) in [6.07, 6.45) is 5.88. The highest BCUT2D eigenvalue weighted by molar-refractivity contribution is 7.15. The van der Waals surface area contributed by atoms with Crippen LogP contribution in [0.25, 0.3) is 6.08 Å². The van der Waals surface area contributed by atoms with Crippen molar-refractivity contribution in [3.05, 3.63) is 74.4 Å². The summed E-state index contributed by atoms with van der Waals surface area (Å²) in [5.74, 6) is -0.175. The number of thiophene rings is 1. The molecule has 0 spiro atoms. The third-order valence-corrected chi connectivity index (χ3v) is 5.02. The molecule has 0 radical (unpaired) electrons. The van der Waals surface area contributed by atoms with Gasteiger partial charge in [-0.15, -0.1) is 22.7 Å². The van der Waals surface area contributed by atoms with Gasteiger partial charge < -0.3 is 0 Å². The van der Waals surface area contributed by atoms with Crippen molar-refractivity contribution in [2.45, 2.75) is 6.42 Å². The quantitative estimate of drug-likeness (QED) is 0.643. The first kappa shape index (κ1) is 15.9. The molecule has 3 rings (SSSR count). The summed E-state index contributed by atoms with van der Waals surface area (Å²) in [7, 11) is 0. The van der Waals surface area contributed by atoms with Gasteiger partial charge in [-0.25, -0.2) is 4.98 Å². The van der Waals surface area contributed by atoms with E-state index in [9.17, 15) is 4.79 Å². The Morgan fingerprint density at radius 3 is 2.83 bits per heavy atom. The Morgan fingerprint density at radius 2 is 2.09 bits per heavy atom. The average Bonchev–Trinajstić information content (AvgIpc) is 3.20. The largest absolute Gasteiger partial charge is 0.298 e. The van der Waals surface area contributed by atoms with Crippen molar-refractivity contribution in [1.82, 2.24) is 4.98 Å². The van der Waals surface area contributed by atoms with E-state index in [-0.39, 0.29) is 5.91 Å². The van der Waals surface area contributed by atoms with Crippen LogP contribution in [0.4, 0.5) is 5.13 Å². The lowest BCUT2D eigenvalue weighted by Gasteiger charge is -1.98. The van der Waals surface area contributed by atoms with Gasteiger partial charge in [0.05, 0.1) is 0 Å². The molecule has 0 saturated heterocycles. The maximum atomic E-state index is 11.9. The lowest BCUT2D eigenvalue weighted by molar-refractivity contribution is -0.111. The number of benzene rings is 1. The first-order valence-corrected chi connectivity index (χ1v) is 8.98. The molecule has 116 valence electrons. The Kier molecular flexibility index (Phi) is 5.23. The summed E-state index contributed by atoms with van der Waals surface area (Å²) in [4.78, 5) is 18.2. The van der Waals surface area contributed by atoms with Gasteiger partial charge in [-0.3, -0.25) is 10.1 Å². The predicted molar refractivity (Wildman–Crippen MR) is 98.4 cm³/mol. The fraction of sp³-hybridized carbons (Fsp3) is 0.0588. The molecule has 0 bridgehead atoms. The van der Waals surface area contributed by atoms with Crippen LogP contribution in [-0.4, -0.2) is 10.9 Å². The molecule has 1 amide bonds. The Labute approximate surface area is 147 Å². The van der Waals surface area contributed by atoms with Crippen molar-refractivity contribution in [3.63, 3.8) is 0 Å². The number of thiazole rings is 1. The van der Waals surface area contributed by atoms with E-state index in [2.05, 4.69) is 10.3 Å². The van der Waals surface area contributed by atoms with Gasteiger partial charge in [0.1, 0.15) is 0 Å². The summed E-state index contributed by atoms with van der Waals surface area (Å²) in [5, 5.41) is 6.09. The molecule has 2 heterocycles. The highest BCUT2D eigenvalue weighted by Crippen LogP contribution is 2.22. The topological polar surface area (TPSA) is 42.0 Å². The second-order valence-electron chi connectivity index (χ2n) is 4.77. The molecular weight excluding hydrogens is 348 g/mol. The Balaban J connectivity index is 1.58. The number of hydrogen-bond acceptors (Lipinski definition) is 4. The van der Waals surface area contributed by atoms with Crippen LogP contribution in [0.5, 0.6) is 0 Å². The fourth-order valence-corrected chi connectivity index (χ4v) is 3.54.